The van der Waals surface area contributed by atoms with Gasteiger partial charge in [-0.3, -0.25) is 0 Å². The van der Waals surface area contributed by atoms with Crippen molar-refractivity contribution < 1.29 is 9.21 Å². The first kappa shape index (κ1) is 15.8. The predicted molar refractivity (Wildman–Crippen MR) is 88.5 cm³/mol. The second-order valence-corrected chi connectivity index (χ2v) is 5.54. The summed E-state index contributed by atoms with van der Waals surface area (Å²) in [5, 5.41) is 7.06. The summed E-state index contributed by atoms with van der Waals surface area (Å²) in [4.78, 5) is 17.8. The number of urea groups is 1. The van der Waals surface area contributed by atoms with E-state index in [2.05, 4.69) is 15.4 Å². The number of benzene rings is 1. The van der Waals surface area contributed by atoms with Gasteiger partial charge in [0, 0.05) is 7.05 Å². The van der Waals surface area contributed by atoms with Crippen molar-refractivity contribution in [1.29, 1.82) is 0 Å². The maximum absolute atomic E-state index is 12.3. The molecule has 7 nitrogen and oxygen atoms in total. The normalized spacial score (nSPS) is 11.9. The zero-order valence-electron chi connectivity index (χ0n) is 13.6. The van der Waals surface area contributed by atoms with Crippen molar-refractivity contribution in [2.24, 2.45) is 0 Å². The van der Waals surface area contributed by atoms with Crippen molar-refractivity contribution in [2.45, 2.75) is 19.5 Å². The van der Waals surface area contributed by atoms with E-state index in [1.54, 1.807) is 35.3 Å². The van der Waals surface area contributed by atoms with Gasteiger partial charge in [0.05, 0.1) is 24.5 Å². The van der Waals surface area contributed by atoms with Crippen LogP contribution in [-0.2, 0) is 6.54 Å². The van der Waals surface area contributed by atoms with E-state index in [9.17, 15) is 4.79 Å². The number of aromatic nitrogens is 3. The smallest absolute Gasteiger partial charge is 0.318 e. The number of amides is 2. The summed E-state index contributed by atoms with van der Waals surface area (Å²) in [5.74, 6) is 0.748. The van der Waals surface area contributed by atoms with Crippen LogP contribution in [0.3, 0.4) is 0 Å². The Hall–Kier alpha value is -3.09. The van der Waals surface area contributed by atoms with E-state index >= 15 is 0 Å². The number of carbonyl (C=O) groups is 1. The molecule has 7 heteroatoms. The molecule has 0 fully saturated rings. The Kier molecular flexibility index (Phi) is 4.60. The summed E-state index contributed by atoms with van der Waals surface area (Å²) in [6.45, 7) is 2.37. The quantitative estimate of drug-likeness (QED) is 0.782. The van der Waals surface area contributed by atoms with Crippen LogP contribution in [-0.4, -0.2) is 32.7 Å². The summed E-state index contributed by atoms with van der Waals surface area (Å²) < 4.78 is 6.94. The van der Waals surface area contributed by atoms with E-state index in [-0.39, 0.29) is 12.1 Å². The van der Waals surface area contributed by atoms with Crippen LogP contribution < -0.4 is 5.32 Å². The third-order valence-corrected chi connectivity index (χ3v) is 3.74. The Morgan fingerprint density at radius 2 is 2.12 bits per heavy atom. The van der Waals surface area contributed by atoms with E-state index < -0.39 is 0 Å². The first-order chi connectivity index (χ1) is 11.6. The van der Waals surface area contributed by atoms with Gasteiger partial charge in [-0.15, -0.1) is 0 Å². The molecule has 0 aliphatic rings. The van der Waals surface area contributed by atoms with E-state index in [1.165, 1.54) is 6.33 Å². The third kappa shape index (κ3) is 3.62. The lowest BCUT2D eigenvalue weighted by Gasteiger charge is -2.21. The summed E-state index contributed by atoms with van der Waals surface area (Å²) >= 11 is 0. The van der Waals surface area contributed by atoms with E-state index in [0.717, 1.165) is 17.0 Å². The maximum atomic E-state index is 12.3. The molecule has 1 aromatic carbocycles. The summed E-state index contributed by atoms with van der Waals surface area (Å²) in [5.41, 5.74) is 1.93. The average Bonchev–Trinajstić information content (AvgIpc) is 3.28. The van der Waals surface area contributed by atoms with Crippen molar-refractivity contribution >= 4 is 6.03 Å². The van der Waals surface area contributed by atoms with Gasteiger partial charge in [-0.1, -0.05) is 12.1 Å². The molecule has 0 saturated heterocycles. The molecule has 0 radical (unpaired) electrons. The zero-order valence-corrected chi connectivity index (χ0v) is 13.6. The van der Waals surface area contributed by atoms with Crippen LogP contribution in [0.5, 0.6) is 0 Å². The molecule has 0 aliphatic heterocycles. The Balaban J connectivity index is 1.59. The first-order valence-corrected chi connectivity index (χ1v) is 7.62. The van der Waals surface area contributed by atoms with Gasteiger partial charge >= 0.3 is 6.03 Å². The largest absolute Gasteiger partial charge is 0.467 e. The Morgan fingerprint density at radius 3 is 2.75 bits per heavy atom. The van der Waals surface area contributed by atoms with Crippen molar-refractivity contribution in [3.63, 3.8) is 0 Å². The van der Waals surface area contributed by atoms with Crippen LogP contribution in [0.4, 0.5) is 4.79 Å². The molecule has 0 saturated carbocycles. The van der Waals surface area contributed by atoms with Crippen molar-refractivity contribution in [1.82, 2.24) is 25.0 Å². The Morgan fingerprint density at radius 1 is 1.33 bits per heavy atom. The van der Waals surface area contributed by atoms with Gasteiger partial charge in [0.1, 0.15) is 18.4 Å². The van der Waals surface area contributed by atoms with Crippen molar-refractivity contribution in [2.75, 3.05) is 7.05 Å². The highest BCUT2D eigenvalue weighted by Gasteiger charge is 2.14. The molecule has 124 valence electrons. The molecular formula is C17H19N5O2. The number of nitrogens with one attached hydrogen (secondary N) is 1. The lowest BCUT2D eigenvalue weighted by Crippen LogP contribution is -2.38. The SMILES string of the molecule is CC(NC(=O)N(C)Cc1ccco1)c1ccc(-n2cncn2)cc1. The lowest BCUT2D eigenvalue weighted by atomic mass is 10.1. The van der Waals surface area contributed by atoms with Gasteiger partial charge in [-0.25, -0.2) is 14.5 Å². The van der Waals surface area contributed by atoms with Gasteiger partial charge in [0.25, 0.3) is 0 Å². The van der Waals surface area contributed by atoms with Gasteiger partial charge < -0.3 is 14.6 Å². The predicted octanol–water partition coefficient (Wildman–Crippen LogP) is 2.76. The lowest BCUT2D eigenvalue weighted by molar-refractivity contribution is 0.200. The highest BCUT2D eigenvalue weighted by atomic mass is 16.3. The Labute approximate surface area is 139 Å². The molecule has 1 N–H and O–H groups in total. The van der Waals surface area contributed by atoms with Crippen LogP contribution in [0.2, 0.25) is 0 Å². The van der Waals surface area contributed by atoms with Crippen LogP contribution in [0, 0.1) is 0 Å². The summed E-state index contributed by atoms with van der Waals surface area (Å²) in [7, 11) is 1.73. The first-order valence-electron chi connectivity index (χ1n) is 7.62. The van der Waals surface area contributed by atoms with E-state index in [4.69, 9.17) is 4.42 Å². The van der Waals surface area contributed by atoms with Crippen LogP contribution in [0.15, 0.2) is 59.7 Å². The number of hydrogen-bond donors (Lipinski definition) is 1. The molecule has 3 aromatic rings. The highest BCUT2D eigenvalue weighted by Crippen LogP contribution is 2.15. The van der Waals surface area contributed by atoms with Crippen LogP contribution in [0.25, 0.3) is 5.69 Å². The topological polar surface area (TPSA) is 76.2 Å². The fraction of sp³-hybridized carbons (Fsp3) is 0.235. The van der Waals surface area contributed by atoms with Crippen molar-refractivity contribution in [3.05, 3.63) is 66.6 Å². The minimum atomic E-state index is -0.153. The monoisotopic (exact) mass is 325 g/mol. The second kappa shape index (κ2) is 6.99. The number of hydrogen-bond acceptors (Lipinski definition) is 4. The van der Waals surface area contributed by atoms with Gasteiger partial charge in [-0.2, -0.15) is 5.10 Å². The molecule has 1 atom stereocenters. The molecular weight excluding hydrogens is 306 g/mol. The van der Waals surface area contributed by atoms with E-state index in [1.807, 2.05) is 37.3 Å². The molecule has 1 unspecified atom stereocenters. The van der Waals surface area contributed by atoms with Crippen LogP contribution >= 0.6 is 0 Å². The van der Waals surface area contributed by atoms with Crippen molar-refractivity contribution in [3.8, 4) is 5.69 Å². The minimum absolute atomic E-state index is 0.110. The molecule has 2 amide bonds. The standard InChI is InChI=1S/C17H19N5O2/c1-13(20-17(23)21(2)10-16-4-3-9-24-16)14-5-7-15(8-6-14)22-12-18-11-19-22/h3-9,11-13H,10H2,1-2H3,(H,20,23). The molecule has 24 heavy (non-hydrogen) atoms. The number of rotatable bonds is 5. The fourth-order valence-corrected chi connectivity index (χ4v) is 2.34. The second-order valence-electron chi connectivity index (χ2n) is 5.54. The Bertz CT molecular complexity index is 766. The molecule has 0 bridgehead atoms. The molecule has 2 aromatic heterocycles. The van der Waals surface area contributed by atoms with Gasteiger partial charge in [-0.05, 0) is 36.8 Å². The van der Waals surface area contributed by atoms with Gasteiger partial charge in [0.2, 0.25) is 0 Å². The minimum Gasteiger partial charge on any atom is -0.467 e. The van der Waals surface area contributed by atoms with E-state index in [0.29, 0.717) is 6.54 Å². The maximum Gasteiger partial charge on any atom is 0.318 e. The number of nitrogens with zero attached hydrogens (tertiary/aromatic N) is 4. The summed E-state index contributed by atoms with van der Waals surface area (Å²) in [6, 6.07) is 11.2. The van der Waals surface area contributed by atoms with Gasteiger partial charge in [0.15, 0.2) is 0 Å². The molecule has 0 spiro atoms. The molecule has 3 rings (SSSR count). The highest BCUT2D eigenvalue weighted by molar-refractivity contribution is 5.74. The summed E-state index contributed by atoms with van der Waals surface area (Å²) in [6.07, 6.45) is 4.73. The fourth-order valence-electron chi connectivity index (χ4n) is 2.34. The average molecular weight is 325 g/mol. The number of furan rings is 1. The third-order valence-electron chi connectivity index (χ3n) is 3.74. The molecule has 0 aliphatic carbocycles. The number of carbonyl (C=O) groups excluding carboxylic acids is 1. The molecule has 2 heterocycles. The zero-order chi connectivity index (χ0) is 16.9. The van der Waals surface area contributed by atoms with Crippen LogP contribution in [0.1, 0.15) is 24.3 Å².